The Labute approximate surface area is 266 Å². The molecule has 0 aliphatic carbocycles. The number of likely N-dealkylation sites (tertiary alicyclic amines) is 1. The lowest BCUT2D eigenvalue weighted by Gasteiger charge is -2.29. The number of hydrogen-bond donors (Lipinski definition) is 3. The number of carbonyl (C=O) groups excluding carboxylic acids is 2. The molecule has 10 nitrogen and oxygen atoms in total. The Morgan fingerprint density at radius 2 is 1.76 bits per heavy atom. The molecule has 238 valence electrons. The van der Waals surface area contributed by atoms with Crippen molar-refractivity contribution in [2.45, 2.75) is 38.9 Å². The van der Waals surface area contributed by atoms with Gasteiger partial charge in [-0.05, 0) is 82.7 Å². The van der Waals surface area contributed by atoms with E-state index in [4.69, 9.17) is 0 Å². The second-order valence-corrected chi connectivity index (χ2v) is 12.3. The van der Waals surface area contributed by atoms with E-state index in [1.165, 1.54) is 34.6 Å². The summed E-state index contributed by atoms with van der Waals surface area (Å²) in [6.07, 6.45) is 1.72. The number of piperidine rings is 1. The maximum Gasteiger partial charge on any atom is 0.416 e. The second kappa shape index (κ2) is 12.5. The van der Waals surface area contributed by atoms with Crippen molar-refractivity contribution in [3.63, 3.8) is 0 Å². The predicted octanol–water partition coefficient (Wildman–Crippen LogP) is 6.52. The van der Waals surface area contributed by atoms with Crippen LogP contribution >= 0.6 is 11.3 Å². The summed E-state index contributed by atoms with van der Waals surface area (Å²) in [5.41, 5.74) is 1.98. The number of fused-ring (bicyclic) bond motifs is 1. The molecule has 14 heteroatoms. The summed E-state index contributed by atoms with van der Waals surface area (Å²) in [6, 6.07) is 8.30. The van der Waals surface area contributed by atoms with E-state index in [9.17, 15) is 22.8 Å². The molecule has 4 heterocycles. The fraction of sp³-hybridized carbons (Fsp3) is 0.281. The van der Waals surface area contributed by atoms with E-state index in [1.54, 1.807) is 43.6 Å². The maximum atomic E-state index is 13.7. The van der Waals surface area contributed by atoms with Crippen LogP contribution in [-0.4, -0.2) is 62.4 Å². The van der Waals surface area contributed by atoms with E-state index in [0.29, 0.717) is 34.0 Å². The first-order chi connectivity index (χ1) is 21.9. The highest BCUT2D eigenvalue weighted by atomic mass is 32.1. The normalized spacial score (nSPS) is 14.4. The van der Waals surface area contributed by atoms with Gasteiger partial charge in [-0.25, -0.2) is 15.0 Å². The van der Waals surface area contributed by atoms with E-state index in [1.807, 2.05) is 0 Å². The van der Waals surface area contributed by atoms with Crippen LogP contribution in [0, 0.1) is 13.8 Å². The van der Waals surface area contributed by atoms with Crippen molar-refractivity contribution in [2.75, 3.05) is 36.1 Å². The van der Waals surface area contributed by atoms with Gasteiger partial charge in [-0.1, -0.05) is 6.07 Å². The van der Waals surface area contributed by atoms with Crippen molar-refractivity contribution in [2.24, 2.45) is 0 Å². The van der Waals surface area contributed by atoms with Crippen LogP contribution in [0.5, 0.6) is 0 Å². The summed E-state index contributed by atoms with van der Waals surface area (Å²) in [6.45, 7) is 5.50. The lowest BCUT2D eigenvalue weighted by atomic mass is 10.1. The molecule has 3 N–H and O–H groups in total. The average Bonchev–Trinajstić information content (AvgIpc) is 3.66. The Balaban J connectivity index is 1.21. The van der Waals surface area contributed by atoms with Crippen molar-refractivity contribution < 1.29 is 22.8 Å². The van der Waals surface area contributed by atoms with Crippen LogP contribution in [0.25, 0.3) is 15.9 Å². The van der Waals surface area contributed by atoms with Gasteiger partial charge in [0.1, 0.15) is 12.1 Å². The third kappa shape index (κ3) is 6.72. The average molecular weight is 649 g/mol. The summed E-state index contributed by atoms with van der Waals surface area (Å²) < 4.78 is 43.4. The molecular formula is C32H31F3N8O2S. The van der Waals surface area contributed by atoms with Gasteiger partial charge in [0.25, 0.3) is 11.8 Å². The summed E-state index contributed by atoms with van der Waals surface area (Å²) in [5, 5.41) is 10.8. The van der Waals surface area contributed by atoms with Gasteiger partial charge in [0.15, 0.2) is 0 Å². The Morgan fingerprint density at radius 1 is 0.978 bits per heavy atom. The number of nitrogens with one attached hydrogen (secondary N) is 3. The molecule has 6 rings (SSSR count). The van der Waals surface area contributed by atoms with E-state index in [2.05, 4.69) is 42.8 Å². The predicted molar refractivity (Wildman–Crippen MR) is 172 cm³/mol. The van der Waals surface area contributed by atoms with E-state index in [-0.39, 0.29) is 23.2 Å². The van der Waals surface area contributed by atoms with Gasteiger partial charge in [-0.3, -0.25) is 9.59 Å². The van der Waals surface area contributed by atoms with Gasteiger partial charge in [0, 0.05) is 40.2 Å². The molecule has 0 saturated carbocycles. The molecule has 2 amide bonds. The number of aromatic nitrogens is 4. The number of nitrogens with zero attached hydrogens (tertiary/aromatic N) is 5. The van der Waals surface area contributed by atoms with Gasteiger partial charge in [-0.2, -0.15) is 13.2 Å². The van der Waals surface area contributed by atoms with Gasteiger partial charge in [0.05, 0.1) is 33.4 Å². The summed E-state index contributed by atoms with van der Waals surface area (Å²) in [7, 11) is 2.10. The number of aryl methyl sites for hydroxylation is 2. The Morgan fingerprint density at radius 3 is 2.48 bits per heavy atom. The first-order valence-corrected chi connectivity index (χ1v) is 15.5. The number of rotatable bonds is 7. The molecule has 1 aliphatic rings. The molecule has 1 fully saturated rings. The molecular weight excluding hydrogens is 617 g/mol. The fourth-order valence-corrected chi connectivity index (χ4v) is 6.26. The molecule has 5 aromatic rings. The van der Waals surface area contributed by atoms with Crippen LogP contribution in [-0.2, 0) is 6.18 Å². The number of anilines is 3. The molecule has 0 unspecified atom stereocenters. The molecule has 1 saturated heterocycles. The van der Waals surface area contributed by atoms with Crippen molar-refractivity contribution in [3.8, 4) is 5.69 Å². The summed E-state index contributed by atoms with van der Waals surface area (Å²) in [4.78, 5) is 41.8. The zero-order valence-electron chi connectivity index (χ0n) is 25.3. The van der Waals surface area contributed by atoms with Crippen molar-refractivity contribution in [3.05, 3.63) is 88.6 Å². The van der Waals surface area contributed by atoms with Crippen LogP contribution in [0.2, 0.25) is 0 Å². The number of alkyl halides is 3. The second-order valence-electron chi connectivity index (χ2n) is 11.4. The summed E-state index contributed by atoms with van der Waals surface area (Å²) in [5.74, 6) is -0.430. The monoisotopic (exact) mass is 648 g/mol. The van der Waals surface area contributed by atoms with Crippen LogP contribution in [0.1, 0.15) is 50.4 Å². The third-order valence-corrected chi connectivity index (χ3v) is 8.89. The lowest BCUT2D eigenvalue weighted by molar-refractivity contribution is -0.137. The zero-order chi connectivity index (χ0) is 32.6. The van der Waals surface area contributed by atoms with E-state index in [0.717, 1.165) is 48.3 Å². The Hall–Kier alpha value is -4.82. The van der Waals surface area contributed by atoms with E-state index < -0.39 is 17.6 Å². The molecule has 0 spiro atoms. The smallest absolute Gasteiger partial charge is 0.366 e. The van der Waals surface area contributed by atoms with Crippen molar-refractivity contribution >= 4 is 50.6 Å². The van der Waals surface area contributed by atoms with Crippen LogP contribution in [0.3, 0.4) is 0 Å². The number of benzene rings is 2. The zero-order valence-corrected chi connectivity index (χ0v) is 26.1. The number of imidazole rings is 1. The van der Waals surface area contributed by atoms with Gasteiger partial charge >= 0.3 is 6.18 Å². The lowest BCUT2D eigenvalue weighted by Crippen LogP contribution is -2.36. The van der Waals surface area contributed by atoms with Gasteiger partial charge in [-0.15, -0.1) is 11.3 Å². The minimum atomic E-state index is -4.66. The number of hydrogen-bond acceptors (Lipinski definition) is 8. The molecule has 0 atom stereocenters. The largest absolute Gasteiger partial charge is 0.416 e. The summed E-state index contributed by atoms with van der Waals surface area (Å²) >= 11 is 1.38. The van der Waals surface area contributed by atoms with Crippen LogP contribution in [0.15, 0.2) is 60.6 Å². The Kier molecular flexibility index (Phi) is 8.49. The third-order valence-electron chi connectivity index (χ3n) is 7.92. The standard InChI is InChI=1S/C32H31F3N8O2S/c1-18-4-5-23(40-30(44)20-10-21(32(33,34)35)12-24(11-20)43-14-19(2)38-17-43)13-26(18)41-31(45)25-15-46-28-27(25)36-16-37-29(28)39-22-6-8-42(3)9-7-22/h4-5,10-17,22H,6-9H2,1-3H3,(H,40,44)(H,41,45)(H,36,37,39). The van der Waals surface area contributed by atoms with Crippen molar-refractivity contribution in [1.82, 2.24) is 24.4 Å². The topological polar surface area (TPSA) is 117 Å². The Bertz CT molecular complexity index is 1930. The molecule has 3 aromatic heterocycles. The molecule has 1 aliphatic heterocycles. The first kappa shape index (κ1) is 31.2. The SMILES string of the molecule is Cc1cn(-c2cc(C(=O)Nc3ccc(C)c(NC(=O)c4csc5c(NC6CCN(C)CC6)ncnc45)c3)cc(C(F)(F)F)c2)cn1. The minimum Gasteiger partial charge on any atom is -0.366 e. The van der Waals surface area contributed by atoms with Gasteiger partial charge < -0.3 is 25.4 Å². The van der Waals surface area contributed by atoms with Gasteiger partial charge in [0.2, 0.25) is 0 Å². The minimum absolute atomic E-state index is 0.147. The highest BCUT2D eigenvalue weighted by molar-refractivity contribution is 7.18. The fourth-order valence-electron chi connectivity index (χ4n) is 5.31. The number of amides is 2. The molecule has 0 radical (unpaired) electrons. The van der Waals surface area contributed by atoms with Crippen LogP contribution < -0.4 is 16.0 Å². The quantitative estimate of drug-likeness (QED) is 0.184. The highest BCUT2D eigenvalue weighted by Crippen LogP contribution is 2.33. The molecule has 0 bridgehead atoms. The van der Waals surface area contributed by atoms with Crippen LogP contribution in [0.4, 0.5) is 30.4 Å². The first-order valence-electron chi connectivity index (χ1n) is 14.6. The number of halogens is 3. The van der Waals surface area contributed by atoms with Crippen molar-refractivity contribution in [1.29, 1.82) is 0 Å². The molecule has 2 aromatic carbocycles. The number of carbonyl (C=O) groups is 2. The highest BCUT2D eigenvalue weighted by Gasteiger charge is 2.32. The number of thiophene rings is 1. The van der Waals surface area contributed by atoms with E-state index >= 15 is 0 Å². The maximum absolute atomic E-state index is 13.7. The molecule has 46 heavy (non-hydrogen) atoms.